The molecular formula is C14H11BrClNO. The van der Waals surface area contributed by atoms with Gasteiger partial charge in [-0.3, -0.25) is 4.79 Å². The molecule has 0 aliphatic rings. The van der Waals surface area contributed by atoms with E-state index in [2.05, 4.69) is 21.2 Å². The Hall–Kier alpha value is -1.32. The van der Waals surface area contributed by atoms with Gasteiger partial charge in [-0.25, -0.2) is 0 Å². The Morgan fingerprint density at radius 3 is 2.67 bits per heavy atom. The lowest BCUT2D eigenvalue weighted by Gasteiger charge is -2.07. The van der Waals surface area contributed by atoms with Crippen molar-refractivity contribution < 1.29 is 4.79 Å². The summed E-state index contributed by atoms with van der Waals surface area (Å²) >= 11 is 9.25. The Bertz CT molecular complexity index is 598. The number of halogens is 2. The van der Waals surface area contributed by atoms with E-state index in [1.54, 1.807) is 30.3 Å². The van der Waals surface area contributed by atoms with Gasteiger partial charge in [-0.2, -0.15) is 0 Å². The second-order valence-electron chi connectivity index (χ2n) is 3.95. The Labute approximate surface area is 119 Å². The number of hydrogen-bond donors (Lipinski definition) is 1. The molecule has 0 aliphatic carbocycles. The molecule has 0 saturated heterocycles. The Balaban J connectivity index is 2.22. The lowest BCUT2D eigenvalue weighted by Crippen LogP contribution is -2.12. The summed E-state index contributed by atoms with van der Waals surface area (Å²) in [5.74, 6) is -0.163. The summed E-state index contributed by atoms with van der Waals surface area (Å²) in [5, 5.41) is 3.40. The summed E-state index contributed by atoms with van der Waals surface area (Å²) in [4.78, 5) is 12.1. The van der Waals surface area contributed by atoms with Gasteiger partial charge in [0.15, 0.2) is 0 Å². The summed E-state index contributed by atoms with van der Waals surface area (Å²) < 4.78 is 0.780. The predicted octanol–water partition coefficient (Wildman–Crippen LogP) is 4.66. The van der Waals surface area contributed by atoms with Gasteiger partial charge in [0.25, 0.3) is 5.91 Å². The van der Waals surface area contributed by atoms with Crippen molar-refractivity contribution in [1.82, 2.24) is 0 Å². The molecule has 0 fully saturated rings. The molecule has 0 unspecified atom stereocenters. The smallest absolute Gasteiger partial charge is 0.256 e. The first-order valence-electron chi connectivity index (χ1n) is 5.39. The van der Waals surface area contributed by atoms with Crippen LogP contribution in [0.1, 0.15) is 15.9 Å². The van der Waals surface area contributed by atoms with Crippen molar-refractivity contribution >= 4 is 39.1 Å². The molecule has 2 rings (SSSR count). The maximum Gasteiger partial charge on any atom is 0.256 e. The second kappa shape index (κ2) is 5.55. The second-order valence-corrected chi connectivity index (χ2v) is 5.24. The fraction of sp³-hybridized carbons (Fsp3) is 0.0714. The van der Waals surface area contributed by atoms with E-state index in [1.807, 2.05) is 19.1 Å². The van der Waals surface area contributed by atoms with E-state index in [1.165, 1.54) is 0 Å². The fourth-order valence-corrected chi connectivity index (χ4v) is 2.43. The Morgan fingerprint density at radius 2 is 2.00 bits per heavy atom. The van der Waals surface area contributed by atoms with Crippen LogP contribution >= 0.6 is 27.5 Å². The van der Waals surface area contributed by atoms with Crippen LogP contribution in [0.4, 0.5) is 5.69 Å². The number of carbonyl (C=O) groups excluding carboxylic acids is 1. The molecule has 0 aromatic heterocycles. The van der Waals surface area contributed by atoms with Gasteiger partial charge in [0, 0.05) is 15.2 Å². The van der Waals surface area contributed by atoms with Crippen molar-refractivity contribution in [1.29, 1.82) is 0 Å². The third-order valence-corrected chi connectivity index (χ3v) is 3.34. The largest absolute Gasteiger partial charge is 0.322 e. The summed E-state index contributed by atoms with van der Waals surface area (Å²) in [6.07, 6.45) is 0. The average molecular weight is 325 g/mol. The molecule has 0 spiro atoms. The summed E-state index contributed by atoms with van der Waals surface area (Å²) in [6, 6.07) is 12.7. The van der Waals surface area contributed by atoms with Gasteiger partial charge in [0.1, 0.15) is 0 Å². The molecule has 2 aromatic carbocycles. The minimum Gasteiger partial charge on any atom is -0.322 e. The third-order valence-electron chi connectivity index (χ3n) is 2.45. The molecule has 18 heavy (non-hydrogen) atoms. The van der Waals surface area contributed by atoms with E-state index in [9.17, 15) is 4.79 Å². The molecule has 4 heteroatoms. The number of aryl methyl sites for hydroxylation is 1. The van der Waals surface area contributed by atoms with Crippen LogP contribution in [0.2, 0.25) is 5.02 Å². The number of benzene rings is 2. The standard InChI is InChI=1S/C14H11BrClNO/c1-9-5-6-12(13(15)7-9)14(18)17-11-4-2-3-10(16)8-11/h2-8H,1H3,(H,17,18). The SMILES string of the molecule is Cc1ccc(C(=O)Nc2cccc(Cl)c2)c(Br)c1. The first-order chi connectivity index (χ1) is 8.56. The van der Waals surface area contributed by atoms with Crippen molar-refractivity contribution in [2.24, 2.45) is 0 Å². The molecule has 2 aromatic rings. The normalized spacial score (nSPS) is 10.2. The van der Waals surface area contributed by atoms with Gasteiger partial charge in [-0.05, 0) is 58.7 Å². The van der Waals surface area contributed by atoms with Crippen LogP contribution < -0.4 is 5.32 Å². The number of amides is 1. The van der Waals surface area contributed by atoms with Crippen LogP contribution in [-0.2, 0) is 0 Å². The van der Waals surface area contributed by atoms with E-state index < -0.39 is 0 Å². The van der Waals surface area contributed by atoms with E-state index >= 15 is 0 Å². The molecule has 0 radical (unpaired) electrons. The van der Waals surface area contributed by atoms with Crippen LogP contribution in [0.15, 0.2) is 46.9 Å². The molecule has 1 N–H and O–H groups in total. The minimum atomic E-state index is -0.163. The summed E-state index contributed by atoms with van der Waals surface area (Å²) in [5.41, 5.74) is 2.38. The Morgan fingerprint density at radius 1 is 1.22 bits per heavy atom. The zero-order chi connectivity index (χ0) is 13.1. The third kappa shape index (κ3) is 3.12. The van der Waals surface area contributed by atoms with Crippen molar-refractivity contribution in [3.8, 4) is 0 Å². The van der Waals surface area contributed by atoms with E-state index in [0.29, 0.717) is 16.3 Å². The summed E-state index contributed by atoms with van der Waals surface area (Å²) in [7, 11) is 0. The van der Waals surface area contributed by atoms with Crippen molar-refractivity contribution in [3.63, 3.8) is 0 Å². The monoisotopic (exact) mass is 323 g/mol. The zero-order valence-electron chi connectivity index (χ0n) is 9.71. The van der Waals surface area contributed by atoms with Crippen molar-refractivity contribution in [3.05, 3.63) is 63.1 Å². The first kappa shape index (κ1) is 13.1. The van der Waals surface area contributed by atoms with Gasteiger partial charge in [0.2, 0.25) is 0 Å². The lowest BCUT2D eigenvalue weighted by atomic mass is 10.1. The number of rotatable bonds is 2. The van der Waals surface area contributed by atoms with E-state index in [4.69, 9.17) is 11.6 Å². The predicted molar refractivity (Wildman–Crippen MR) is 78.3 cm³/mol. The average Bonchev–Trinajstić information content (AvgIpc) is 2.28. The number of hydrogen-bond acceptors (Lipinski definition) is 1. The fourth-order valence-electron chi connectivity index (χ4n) is 1.57. The number of anilines is 1. The zero-order valence-corrected chi connectivity index (χ0v) is 12.0. The van der Waals surface area contributed by atoms with Crippen LogP contribution in [0.3, 0.4) is 0 Å². The van der Waals surface area contributed by atoms with Crippen LogP contribution in [0.5, 0.6) is 0 Å². The van der Waals surface area contributed by atoms with Gasteiger partial charge in [0.05, 0.1) is 5.56 Å². The molecule has 1 amide bonds. The molecule has 92 valence electrons. The molecule has 0 bridgehead atoms. The van der Waals surface area contributed by atoms with Gasteiger partial charge in [-0.15, -0.1) is 0 Å². The number of nitrogens with one attached hydrogen (secondary N) is 1. The molecule has 0 heterocycles. The van der Waals surface area contributed by atoms with Crippen molar-refractivity contribution in [2.45, 2.75) is 6.92 Å². The molecule has 2 nitrogen and oxygen atoms in total. The highest BCUT2D eigenvalue weighted by Crippen LogP contribution is 2.21. The van der Waals surface area contributed by atoms with Crippen LogP contribution in [-0.4, -0.2) is 5.91 Å². The Kier molecular flexibility index (Phi) is 4.04. The molecule has 0 saturated carbocycles. The molecule has 0 atom stereocenters. The van der Waals surface area contributed by atoms with Crippen molar-refractivity contribution in [2.75, 3.05) is 5.32 Å². The topological polar surface area (TPSA) is 29.1 Å². The maximum atomic E-state index is 12.1. The quantitative estimate of drug-likeness (QED) is 0.855. The highest BCUT2D eigenvalue weighted by molar-refractivity contribution is 9.10. The maximum absolute atomic E-state index is 12.1. The molecular weight excluding hydrogens is 314 g/mol. The summed E-state index contributed by atoms with van der Waals surface area (Å²) in [6.45, 7) is 1.98. The minimum absolute atomic E-state index is 0.163. The van der Waals surface area contributed by atoms with Gasteiger partial charge >= 0.3 is 0 Å². The number of carbonyl (C=O) groups is 1. The molecule has 0 aliphatic heterocycles. The highest BCUT2D eigenvalue weighted by atomic mass is 79.9. The van der Waals surface area contributed by atoms with Crippen LogP contribution in [0, 0.1) is 6.92 Å². The van der Waals surface area contributed by atoms with E-state index in [-0.39, 0.29) is 5.91 Å². The van der Waals surface area contributed by atoms with Crippen LogP contribution in [0.25, 0.3) is 0 Å². The highest BCUT2D eigenvalue weighted by Gasteiger charge is 2.10. The van der Waals surface area contributed by atoms with E-state index in [0.717, 1.165) is 10.0 Å². The lowest BCUT2D eigenvalue weighted by molar-refractivity contribution is 0.102. The first-order valence-corrected chi connectivity index (χ1v) is 6.56. The van der Waals surface area contributed by atoms with Gasteiger partial charge in [-0.1, -0.05) is 23.7 Å². The van der Waals surface area contributed by atoms with Gasteiger partial charge < -0.3 is 5.32 Å².